The van der Waals surface area contributed by atoms with Crippen molar-refractivity contribution in [3.8, 4) is 0 Å². The van der Waals surface area contributed by atoms with E-state index < -0.39 is 0 Å². The van der Waals surface area contributed by atoms with Crippen LogP contribution < -0.4 is 9.80 Å². The van der Waals surface area contributed by atoms with E-state index in [2.05, 4.69) is 30.7 Å². The van der Waals surface area contributed by atoms with Gasteiger partial charge in [-0.1, -0.05) is 0 Å². The van der Waals surface area contributed by atoms with Crippen molar-refractivity contribution in [1.82, 2.24) is 14.9 Å². The predicted molar refractivity (Wildman–Crippen MR) is 95.7 cm³/mol. The van der Waals surface area contributed by atoms with Gasteiger partial charge in [0.05, 0.1) is 13.2 Å². The van der Waals surface area contributed by atoms with Crippen molar-refractivity contribution in [2.24, 2.45) is 5.41 Å². The van der Waals surface area contributed by atoms with Crippen molar-refractivity contribution >= 4 is 17.9 Å². The number of aldehydes is 1. The number of anilines is 2. The van der Waals surface area contributed by atoms with Crippen molar-refractivity contribution in [3.05, 3.63) is 24.7 Å². The highest BCUT2D eigenvalue weighted by Crippen LogP contribution is 2.41. The van der Waals surface area contributed by atoms with E-state index >= 15 is 0 Å². The van der Waals surface area contributed by atoms with Gasteiger partial charge in [-0.25, -0.2) is 9.97 Å². The van der Waals surface area contributed by atoms with Gasteiger partial charge < -0.3 is 19.4 Å². The summed E-state index contributed by atoms with van der Waals surface area (Å²) in [6, 6.07) is 2.11. The Kier molecular flexibility index (Phi) is 4.57. The number of aromatic nitrogens is 2. The molecule has 0 bridgehead atoms. The third kappa shape index (κ3) is 3.46. The molecule has 7 nitrogen and oxygen atoms in total. The SMILES string of the molecule is O=C/C=C/N1CC2(CCN(c3cc(N4CCOCC4)ncn3)CC2)C1. The Labute approximate surface area is 148 Å². The number of morpholine rings is 1. The monoisotopic (exact) mass is 343 g/mol. The van der Waals surface area contributed by atoms with Gasteiger partial charge in [0.2, 0.25) is 0 Å². The summed E-state index contributed by atoms with van der Waals surface area (Å²) in [4.78, 5) is 26.2. The van der Waals surface area contributed by atoms with Crippen LogP contribution in [0.25, 0.3) is 0 Å². The number of hydrogen-bond donors (Lipinski definition) is 0. The lowest BCUT2D eigenvalue weighted by molar-refractivity contribution is -0.104. The molecule has 3 saturated heterocycles. The molecule has 3 aliphatic heterocycles. The summed E-state index contributed by atoms with van der Waals surface area (Å²) in [5.41, 5.74) is 0.420. The number of ether oxygens (including phenoxy) is 1. The molecule has 0 unspecified atom stereocenters. The highest BCUT2D eigenvalue weighted by Gasteiger charge is 2.43. The Morgan fingerprint density at radius 1 is 1.00 bits per heavy atom. The zero-order chi connectivity index (χ0) is 17.1. The second-order valence-electron chi connectivity index (χ2n) is 7.20. The molecule has 0 N–H and O–H groups in total. The summed E-state index contributed by atoms with van der Waals surface area (Å²) in [6.45, 7) is 7.51. The fourth-order valence-corrected chi connectivity index (χ4v) is 4.08. The molecule has 0 amide bonds. The van der Waals surface area contributed by atoms with Gasteiger partial charge in [-0.15, -0.1) is 0 Å². The average molecular weight is 343 g/mol. The van der Waals surface area contributed by atoms with Crippen LogP contribution in [0.3, 0.4) is 0 Å². The molecule has 0 atom stereocenters. The summed E-state index contributed by atoms with van der Waals surface area (Å²) < 4.78 is 5.42. The maximum absolute atomic E-state index is 10.4. The van der Waals surface area contributed by atoms with E-state index in [-0.39, 0.29) is 0 Å². The standard InChI is InChI=1S/C18H25N5O2/c24-9-1-4-21-13-18(14-21)2-5-22(6-3-18)16-12-17(20-15-19-16)23-7-10-25-11-8-23/h1,4,9,12,15H,2-3,5-8,10-11,13-14H2/b4-1+. The normalized spacial score (nSPS) is 23.1. The molecular formula is C18H25N5O2. The molecule has 0 radical (unpaired) electrons. The molecule has 1 spiro atoms. The van der Waals surface area contributed by atoms with E-state index in [1.165, 1.54) is 12.8 Å². The summed E-state index contributed by atoms with van der Waals surface area (Å²) in [5.74, 6) is 2.03. The third-order valence-electron chi connectivity index (χ3n) is 5.57. The highest BCUT2D eigenvalue weighted by molar-refractivity contribution is 5.64. The molecule has 1 aromatic rings. The molecule has 134 valence electrons. The van der Waals surface area contributed by atoms with Crippen LogP contribution in [-0.4, -0.2) is 73.6 Å². The number of allylic oxidation sites excluding steroid dienone is 1. The van der Waals surface area contributed by atoms with Crippen LogP contribution in [0.4, 0.5) is 11.6 Å². The molecule has 0 aromatic carbocycles. The molecule has 3 fully saturated rings. The summed E-state index contributed by atoms with van der Waals surface area (Å²) >= 11 is 0. The van der Waals surface area contributed by atoms with Crippen LogP contribution in [0.5, 0.6) is 0 Å². The van der Waals surface area contributed by atoms with Crippen LogP contribution in [-0.2, 0) is 9.53 Å². The minimum atomic E-state index is 0.420. The number of likely N-dealkylation sites (tertiary alicyclic amines) is 1. The number of nitrogens with zero attached hydrogens (tertiary/aromatic N) is 5. The summed E-state index contributed by atoms with van der Waals surface area (Å²) in [7, 11) is 0. The van der Waals surface area contributed by atoms with E-state index in [4.69, 9.17) is 4.74 Å². The molecule has 0 saturated carbocycles. The fourth-order valence-electron chi connectivity index (χ4n) is 4.08. The van der Waals surface area contributed by atoms with Crippen molar-refractivity contribution in [3.63, 3.8) is 0 Å². The fraction of sp³-hybridized carbons (Fsp3) is 0.611. The van der Waals surface area contributed by atoms with E-state index in [0.29, 0.717) is 5.41 Å². The first-order chi connectivity index (χ1) is 12.3. The van der Waals surface area contributed by atoms with Crippen LogP contribution >= 0.6 is 0 Å². The molecule has 25 heavy (non-hydrogen) atoms. The van der Waals surface area contributed by atoms with Crippen LogP contribution in [0.2, 0.25) is 0 Å². The zero-order valence-corrected chi connectivity index (χ0v) is 14.5. The Balaban J connectivity index is 1.35. The van der Waals surface area contributed by atoms with Crippen LogP contribution in [0, 0.1) is 5.41 Å². The maximum atomic E-state index is 10.4. The molecule has 4 rings (SSSR count). The number of carbonyl (C=O) groups excluding carboxylic acids is 1. The van der Waals surface area contributed by atoms with E-state index in [1.54, 1.807) is 12.4 Å². The lowest BCUT2D eigenvalue weighted by Gasteiger charge is -2.54. The van der Waals surface area contributed by atoms with Gasteiger partial charge in [0.1, 0.15) is 24.2 Å². The lowest BCUT2D eigenvalue weighted by Crippen LogP contribution is -2.58. The van der Waals surface area contributed by atoms with Crippen LogP contribution in [0.1, 0.15) is 12.8 Å². The summed E-state index contributed by atoms with van der Waals surface area (Å²) in [6.07, 6.45) is 8.36. The van der Waals surface area contributed by atoms with Gasteiger partial charge in [-0.05, 0) is 18.9 Å². The first-order valence-electron chi connectivity index (χ1n) is 9.04. The van der Waals surface area contributed by atoms with Crippen molar-refractivity contribution in [2.75, 3.05) is 62.3 Å². The average Bonchev–Trinajstić information content (AvgIpc) is 2.66. The molecule has 1 aromatic heterocycles. The third-order valence-corrected chi connectivity index (χ3v) is 5.57. The van der Waals surface area contributed by atoms with Crippen molar-refractivity contribution in [1.29, 1.82) is 0 Å². The first kappa shape index (κ1) is 16.3. The number of hydrogen-bond acceptors (Lipinski definition) is 7. The van der Waals surface area contributed by atoms with Crippen LogP contribution in [0.15, 0.2) is 24.7 Å². The van der Waals surface area contributed by atoms with Gasteiger partial charge >= 0.3 is 0 Å². The van der Waals surface area contributed by atoms with Gasteiger partial charge in [-0.3, -0.25) is 4.79 Å². The number of piperidine rings is 1. The Bertz CT molecular complexity index is 628. The maximum Gasteiger partial charge on any atom is 0.144 e. The zero-order valence-electron chi connectivity index (χ0n) is 14.5. The molecule has 4 heterocycles. The second kappa shape index (κ2) is 7.00. The second-order valence-corrected chi connectivity index (χ2v) is 7.20. The molecular weight excluding hydrogens is 318 g/mol. The lowest BCUT2D eigenvalue weighted by atomic mass is 9.72. The van der Waals surface area contributed by atoms with Crippen molar-refractivity contribution < 1.29 is 9.53 Å². The number of rotatable bonds is 4. The van der Waals surface area contributed by atoms with E-state index in [9.17, 15) is 4.79 Å². The van der Waals surface area contributed by atoms with Crippen molar-refractivity contribution in [2.45, 2.75) is 12.8 Å². The Morgan fingerprint density at radius 2 is 1.64 bits per heavy atom. The van der Waals surface area contributed by atoms with E-state index in [1.807, 2.05) is 6.20 Å². The minimum Gasteiger partial charge on any atom is -0.378 e. The van der Waals surface area contributed by atoms with Gasteiger partial charge in [0, 0.05) is 56.9 Å². The minimum absolute atomic E-state index is 0.420. The van der Waals surface area contributed by atoms with Gasteiger partial charge in [-0.2, -0.15) is 0 Å². The molecule has 7 heteroatoms. The molecule has 3 aliphatic rings. The topological polar surface area (TPSA) is 61.8 Å². The van der Waals surface area contributed by atoms with Gasteiger partial charge in [0.15, 0.2) is 0 Å². The smallest absolute Gasteiger partial charge is 0.144 e. The number of carbonyl (C=O) groups is 1. The molecule has 0 aliphatic carbocycles. The first-order valence-corrected chi connectivity index (χ1v) is 9.04. The highest BCUT2D eigenvalue weighted by atomic mass is 16.5. The quantitative estimate of drug-likeness (QED) is 0.595. The Hall–Kier alpha value is -2.15. The van der Waals surface area contributed by atoms with Gasteiger partial charge in [0.25, 0.3) is 0 Å². The van der Waals surface area contributed by atoms with E-state index in [0.717, 1.165) is 70.4 Å². The predicted octanol–water partition coefficient (Wildman–Crippen LogP) is 0.928. The Morgan fingerprint density at radius 3 is 2.28 bits per heavy atom. The largest absolute Gasteiger partial charge is 0.378 e. The summed E-state index contributed by atoms with van der Waals surface area (Å²) in [5, 5.41) is 0.